The molecule has 1 aromatic heterocycles. The number of pyridine rings is 1. The van der Waals surface area contributed by atoms with Crippen LogP contribution in [0.25, 0.3) is 0 Å². The van der Waals surface area contributed by atoms with Crippen molar-refractivity contribution in [2.24, 2.45) is 0 Å². The molecule has 0 spiro atoms. The molecule has 1 aliphatic rings. The molecule has 0 radical (unpaired) electrons. The van der Waals surface area contributed by atoms with Gasteiger partial charge >= 0.3 is 0 Å². The van der Waals surface area contributed by atoms with E-state index in [1.165, 1.54) is 5.56 Å². The van der Waals surface area contributed by atoms with Gasteiger partial charge in [0.1, 0.15) is 5.82 Å². The van der Waals surface area contributed by atoms with Crippen molar-refractivity contribution in [2.45, 2.75) is 13.0 Å². The molecule has 1 amide bonds. The fourth-order valence-corrected chi connectivity index (χ4v) is 3.54. The molecule has 0 bridgehead atoms. The van der Waals surface area contributed by atoms with E-state index >= 15 is 0 Å². The van der Waals surface area contributed by atoms with E-state index in [1.54, 1.807) is 32.5 Å². The fraction of sp³-hybridized carbons (Fsp3) is 0.217. The Bertz CT molecular complexity index is 1020. The fourth-order valence-electron chi connectivity index (χ4n) is 3.54. The van der Waals surface area contributed by atoms with Crippen LogP contribution in [0.1, 0.15) is 21.5 Å². The average Bonchev–Trinajstić information content (AvgIpc) is 2.78. The highest BCUT2D eigenvalue weighted by Crippen LogP contribution is 2.33. The second-order valence-corrected chi connectivity index (χ2v) is 6.87. The number of nitrogens with zero attached hydrogens (tertiary/aromatic N) is 2. The minimum Gasteiger partial charge on any atom is -0.493 e. The zero-order valence-electron chi connectivity index (χ0n) is 16.5. The van der Waals surface area contributed by atoms with Gasteiger partial charge in [-0.05, 0) is 53.9 Å². The van der Waals surface area contributed by atoms with Gasteiger partial charge in [0.05, 0.1) is 14.2 Å². The normalized spacial score (nSPS) is 12.8. The molecule has 29 heavy (non-hydrogen) atoms. The second-order valence-electron chi connectivity index (χ2n) is 6.87. The van der Waals surface area contributed by atoms with Crippen molar-refractivity contribution in [3.8, 4) is 11.5 Å². The molecule has 0 atom stereocenters. The topological polar surface area (TPSA) is 63.7 Å². The maximum Gasteiger partial charge on any atom is 0.254 e. The number of para-hydroxylation sites is 1. The van der Waals surface area contributed by atoms with Gasteiger partial charge in [-0.2, -0.15) is 0 Å². The number of nitrogens with one attached hydrogen (secondary N) is 1. The van der Waals surface area contributed by atoms with Crippen LogP contribution in [0.15, 0.2) is 60.8 Å². The summed E-state index contributed by atoms with van der Waals surface area (Å²) in [6, 6.07) is 17.3. The van der Waals surface area contributed by atoms with E-state index in [9.17, 15) is 4.79 Å². The molecular formula is C23H23N3O3. The molecule has 148 valence electrons. The number of ether oxygens (including phenoxy) is 2. The average molecular weight is 389 g/mol. The van der Waals surface area contributed by atoms with Crippen molar-refractivity contribution in [3.05, 3.63) is 77.5 Å². The minimum absolute atomic E-state index is 0.0102. The largest absolute Gasteiger partial charge is 0.493 e. The first kappa shape index (κ1) is 18.8. The van der Waals surface area contributed by atoms with Crippen LogP contribution in [0.2, 0.25) is 0 Å². The Balaban J connectivity index is 1.53. The zero-order valence-corrected chi connectivity index (χ0v) is 16.5. The molecule has 6 heteroatoms. The van der Waals surface area contributed by atoms with Gasteiger partial charge in [0, 0.05) is 30.5 Å². The van der Waals surface area contributed by atoms with Crippen molar-refractivity contribution in [1.82, 2.24) is 9.88 Å². The van der Waals surface area contributed by atoms with E-state index in [0.717, 1.165) is 23.4 Å². The van der Waals surface area contributed by atoms with Gasteiger partial charge in [0.15, 0.2) is 11.5 Å². The summed E-state index contributed by atoms with van der Waals surface area (Å²) in [5, 5.41) is 3.23. The van der Waals surface area contributed by atoms with E-state index in [2.05, 4.69) is 10.3 Å². The molecule has 1 N–H and O–H groups in total. The highest BCUT2D eigenvalue weighted by atomic mass is 16.5. The van der Waals surface area contributed by atoms with E-state index < -0.39 is 0 Å². The molecule has 1 aliphatic heterocycles. The van der Waals surface area contributed by atoms with Crippen molar-refractivity contribution >= 4 is 17.4 Å². The number of carbonyl (C=O) groups is 1. The Hall–Kier alpha value is -3.54. The summed E-state index contributed by atoms with van der Waals surface area (Å²) in [6.45, 7) is 1.20. The number of hydrogen-bond donors (Lipinski definition) is 1. The third kappa shape index (κ3) is 4.01. The highest BCUT2D eigenvalue weighted by Gasteiger charge is 2.24. The van der Waals surface area contributed by atoms with Crippen LogP contribution in [0.4, 0.5) is 11.5 Å². The summed E-state index contributed by atoms with van der Waals surface area (Å²) >= 11 is 0. The molecule has 4 rings (SSSR count). The van der Waals surface area contributed by atoms with Gasteiger partial charge in [0.25, 0.3) is 5.91 Å². The Morgan fingerprint density at radius 3 is 2.45 bits per heavy atom. The van der Waals surface area contributed by atoms with Gasteiger partial charge in [0.2, 0.25) is 0 Å². The van der Waals surface area contributed by atoms with E-state index in [4.69, 9.17) is 9.47 Å². The second kappa shape index (κ2) is 8.22. The molecule has 0 fully saturated rings. The molecule has 0 unspecified atom stereocenters. The Kier molecular flexibility index (Phi) is 5.33. The molecule has 0 saturated heterocycles. The molecule has 2 heterocycles. The number of aromatic nitrogens is 1. The number of benzene rings is 2. The van der Waals surface area contributed by atoms with Crippen molar-refractivity contribution < 1.29 is 14.3 Å². The van der Waals surface area contributed by atoms with Crippen LogP contribution < -0.4 is 14.8 Å². The standard InChI is InChI=1S/C23H23N3O3/c1-28-20-12-16-9-11-26(15-18(16)13-21(20)29-2)23(27)17-8-10-24-22(14-17)25-19-6-4-3-5-7-19/h3-8,10,12-14H,9,11,15H2,1-2H3,(H,24,25). The van der Waals surface area contributed by atoms with Crippen molar-refractivity contribution in [1.29, 1.82) is 0 Å². The van der Waals surface area contributed by atoms with Crippen LogP contribution >= 0.6 is 0 Å². The summed E-state index contributed by atoms with van der Waals surface area (Å²) in [7, 11) is 3.25. The monoisotopic (exact) mass is 389 g/mol. The van der Waals surface area contributed by atoms with Crippen LogP contribution in [0.3, 0.4) is 0 Å². The molecular weight excluding hydrogens is 366 g/mol. The lowest BCUT2D eigenvalue weighted by atomic mass is 9.98. The van der Waals surface area contributed by atoms with Crippen molar-refractivity contribution in [2.75, 3.05) is 26.1 Å². The Labute approximate surface area is 170 Å². The molecule has 3 aromatic rings. The molecule has 6 nitrogen and oxygen atoms in total. The SMILES string of the molecule is COc1cc2c(cc1OC)CN(C(=O)c1ccnc(Nc3ccccc3)c1)CC2. The zero-order chi connectivity index (χ0) is 20.2. The van der Waals surface area contributed by atoms with E-state index in [-0.39, 0.29) is 5.91 Å². The third-order valence-corrected chi connectivity index (χ3v) is 5.06. The smallest absolute Gasteiger partial charge is 0.254 e. The Morgan fingerprint density at radius 1 is 1.00 bits per heavy atom. The summed E-state index contributed by atoms with van der Waals surface area (Å²) in [5.74, 6) is 2.03. The number of amides is 1. The lowest BCUT2D eigenvalue weighted by Gasteiger charge is -2.29. The van der Waals surface area contributed by atoms with E-state index in [0.29, 0.717) is 30.2 Å². The minimum atomic E-state index is -0.0102. The van der Waals surface area contributed by atoms with Crippen LogP contribution in [0.5, 0.6) is 11.5 Å². The van der Waals surface area contributed by atoms with Crippen molar-refractivity contribution in [3.63, 3.8) is 0 Å². The number of anilines is 2. The van der Waals surface area contributed by atoms with Crippen LogP contribution in [-0.2, 0) is 13.0 Å². The number of rotatable bonds is 5. The number of methoxy groups -OCH3 is 2. The first-order valence-corrected chi connectivity index (χ1v) is 9.49. The molecule has 0 aliphatic carbocycles. The maximum absolute atomic E-state index is 13.1. The number of hydrogen-bond acceptors (Lipinski definition) is 5. The number of carbonyl (C=O) groups excluding carboxylic acids is 1. The van der Waals surface area contributed by atoms with Gasteiger partial charge in [-0.25, -0.2) is 4.98 Å². The predicted octanol–water partition coefficient (Wildman–Crippen LogP) is 4.04. The van der Waals surface area contributed by atoms with Gasteiger partial charge in [-0.15, -0.1) is 0 Å². The first-order chi connectivity index (χ1) is 14.2. The van der Waals surface area contributed by atoms with Crippen LogP contribution in [0, 0.1) is 0 Å². The molecule has 0 saturated carbocycles. The van der Waals surface area contributed by atoms with Gasteiger partial charge < -0.3 is 19.7 Å². The maximum atomic E-state index is 13.1. The third-order valence-electron chi connectivity index (χ3n) is 5.06. The van der Waals surface area contributed by atoms with Gasteiger partial charge in [-0.1, -0.05) is 18.2 Å². The lowest BCUT2D eigenvalue weighted by molar-refractivity contribution is 0.0734. The summed E-state index contributed by atoms with van der Waals surface area (Å²) < 4.78 is 10.8. The quantitative estimate of drug-likeness (QED) is 0.713. The summed E-state index contributed by atoms with van der Waals surface area (Å²) in [4.78, 5) is 19.3. The predicted molar refractivity (Wildman–Crippen MR) is 112 cm³/mol. The lowest BCUT2D eigenvalue weighted by Crippen LogP contribution is -2.36. The number of fused-ring (bicyclic) bond motifs is 1. The van der Waals surface area contributed by atoms with Crippen LogP contribution in [-0.4, -0.2) is 36.6 Å². The van der Waals surface area contributed by atoms with Gasteiger partial charge in [-0.3, -0.25) is 4.79 Å². The first-order valence-electron chi connectivity index (χ1n) is 9.49. The highest BCUT2D eigenvalue weighted by molar-refractivity contribution is 5.95. The Morgan fingerprint density at radius 2 is 1.72 bits per heavy atom. The summed E-state index contributed by atoms with van der Waals surface area (Å²) in [6.07, 6.45) is 2.44. The van der Waals surface area contributed by atoms with E-state index in [1.807, 2.05) is 47.4 Å². The summed E-state index contributed by atoms with van der Waals surface area (Å²) in [5.41, 5.74) is 3.81. The molecule has 2 aromatic carbocycles.